The molecule has 104 valence electrons. The van der Waals surface area contributed by atoms with Gasteiger partial charge in [0.15, 0.2) is 11.6 Å². The Kier molecular flexibility index (Phi) is 2.76. The Bertz CT molecular complexity index is 514. The van der Waals surface area contributed by atoms with Crippen molar-refractivity contribution in [1.82, 2.24) is 0 Å². The van der Waals surface area contributed by atoms with E-state index in [1.54, 1.807) is 0 Å². The summed E-state index contributed by atoms with van der Waals surface area (Å²) in [5, 5.41) is 0. The maximum absolute atomic E-state index is 13.6. The van der Waals surface area contributed by atoms with E-state index in [1.807, 2.05) is 0 Å². The van der Waals surface area contributed by atoms with Crippen LogP contribution in [0, 0.1) is 23.5 Å². The molecule has 2 fully saturated rings. The zero-order chi connectivity index (χ0) is 13.8. The molecule has 0 aliphatic heterocycles. The largest absolute Gasteiger partial charge is 0.493 e. The lowest BCUT2D eigenvalue weighted by Gasteiger charge is -2.22. The normalized spacial score (nSPS) is 31.7. The summed E-state index contributed by atoms with van der Waals surface area (Å²) in [4.78, 5) is 0. The molecule has 0 heterocycles. The van der Waals surface area contributed by atoms with Gasteiger partial charge in [-0.2, -0.15) is 4.39 Å². The lowest BCUT2D eigenvalue weighted by molar-refractivity contribution is 0.0848. The van der Waals surface area contributed by atoms with E-state index in [0.717, 1.165) is 6.07 Å². The number of halogens is 4. The van der Waals surface area contributed by atoms with Crippen LogP contribution in [0.5, 0.6) is 5.75 Å². The summed E-state index contributed by atoms with van der Waals surface area (Å²) in [6.07, 6.45) is 1.32. The summed E-state index contributed by atoms with van der Waals surface area (Å²) in [5.41, 5.74) is 0.502. The summed E-state index contributed by atoms with van der Waals surface area (Å²) < 4.78 is 58.4. The number of alkyl halides is 2. The first-order valence-electron chi connectivity index (χ1n) is 6.36. The standard InChI is InChI=1S/C14H14F4O/c1-19-13-8(3-5-11(15)12(13)16)7-2-4-9-10(6-7)14(9,17)18/h3,5,7,9-10H,2,4,6H2,1H3. The van der Waals surface area contributed by atoms with E-state index in [-0.39, 0.29) is 11.7 Å². The second-order valence-corrected chi connectivity index (χ2v) is 5.38. The van der Waals surface area contributed by atoms with Gasteiger partial charge in [0.2, 0.25) is 5.82 Å². The molecule has 1 aromatic carbocycles. The van der Waals surface area contributed by atoms with E-state index in [0.29, 0.717) is 24.8 Å². The third-order valence-electron chi connectivity index (χ3n) is 4.45. The number of fused-ring (bicyclic) bond motifs is 1. The molecule has 0 spiro atoms. The van der Waals surface area contributed by atoms with Gasteiger partial charge >= 0.3 is 0 Å². The van der Waals surface area contributed by atoms with Crippen LogP contribution in [0.4, 0.5) is 17.6 Å². The molecule has 0 N–H and O–H groups in total. The molecule has 1 nitrogen and oxygen atoms in total. The average Bonchev–Trinajstić information content (AvgIpc) is 2.94. The minimum absolute atomic E-state index is 0.146. The second-order valence-electron chi connectivity index (χ2n) is 5.38. The van der Waals surface area contributed by atoms with Gasteiger partial charge in [0.05, 0.1) is 7.11 Å². The summed E-state index contributed by atoms with van der Waals surface area (Å²) in [5.74, 6) is -6.03. The molecule has 2 aliphatic carbocycles. The van der Waals surface area contributed by atoms with Crippen molar-refractivity contribution >= 4 is 0 Å². The molecule has 0 bridgehead atoms. The van der Waals surface area contributed by atoms with E-state index in [2.05, 4.69) is 0 Å². The lowest BCUT2D eigenvalue weighted by atomic mass is 9.83. The molecule has 0 saturated heterocycles. The zero-order valence-corrected chi connectivity index (χ0v) is 10.4. The molecular weight excluding hydrogens is 260 g/mol. The molecule has 2 saturated carbocycles. The van der Waals surface area contributed by atoms with Crippen LogP contribution in [-0.4, -0.2) is 13.0 Å². The number of benzene rings is 1. The van der Waals surface area contributed by atoms with Crippen LogP contribution in [0.15, 0.2) is 12.1 Å². The molecule has 0 amide bonds. The Hall–Kier alpha value is -1.26. The summed E-state index contributed by atoms with van der Waals surface area (Å²) in [7, 11) is 1.26. The molecule has 5 heteroatoms. The molecule has 1 aromatic rings. The third-order valence-corrected chi connectivity index (χ3v) is 4.45. The van der Waals surface area contributed by atoms with E-state index < -0.39 is 29.4 Å². The third kappa shape index (κ3) is 1.82. The van der Waals surface area contributed by atoms with Crippen molar-refractivity contribution in [3.05, 3.63) is 29.3 Å². The van der Waals surface area contributed by atoms with E-state index in [4.69, 9.17) is 4.74 Å². The zero-order valence-electron chi connectivity index (χ0n) is 10.4. The van der Waals surface area contributed by atoms with Gasteiger partial charge in [-0.3, -0.25) is 0 Å². The molecule has 0 aromatic heterocycles. The molecule has 19 heavy (non-hydrogen) atoms. The fourth-order valence-electron chi connectivity index (χ4n) is 3.34. The number of methoxy groups -OCH3 is 1. The Morgan fingerprint density at radius 1 is 1.16 bits per heavy atom. The van der Waals surface area contributed by atoms with Gasteiger partial charge in [-0.25, -0.2) is 13.2 Å². The van der Waals surface area contributed by atoms with Crippen LogP contribution in [-0.2, 0) is 0 Å². The number of rotatable bonds is 2. The van der Waals surface area contributed by atoms with Crippen molar-refractivity contribution in [3.8, 4) is 5.75 Å². The summed E-state index contributed by atoms with van der Waals surface area (Å²) in [6.45, 7) is 0. The lowest BCUT2D eigenvalue weighted by Crippen LogP contribution is -2.10. The minimum Gasteiger partial charge on any atom is -0.493 e. The van der Waals surface area contributed by atoms with Gasteiger partial charge in [-0.15, -0.1) is 0 Å². The van der Waals surface area contributed by atoms with E-state index in [1.165, 1.54) is 13.2 Å². The van der Waals surface area contributed by atoms with Crippen molar-refractivity contribution in [3.63, 3.8) is 0 Å². The highest BCUT2D eigenvalue weighted by Crippen LogP contribution is 2.65. The van der Waals surface area contributed by atoms with Crippen LogP contribution in [0.25, 0.3) is 0 Å². The van der Waals surface area contributed by atoms with Gasteiger partial charge < -0.3 is 4.74 Å². The van der Waals surface area contributed by atoms with Crippen LogP contribution < -0.4 is 4.74 Å². The smallest absolute Gasteiger partial charge is 0.254 e. The van der Waals surface area contributed by atoms with Crippen molar-refractivity contribution in [2.75, 3.05) is 7.11 Å². The predicted molar refractivity (Wildman–Crippen MR) is 61.4 cm³/mol. The molecule has 3 rings (SSSR count). The van der Waals surface area contributed by atoms with Crippen molar-refractivity contribution in [2.24, 2.45) is 11.8 Å². The van der Waals surface area contributed by atoms with Gasteiger partial charge in [0, 0.05) is 17.4 Å². The minimum atomic E-state index is -2.57. The maximum Gasteiger partial charge on any atom is 0.254 e. The first-order valence-corrected chi connectivity index (χ1v) is 6.36. The highest BCUT2D eigenvalue weighted by atomic mass is 19.3. The highest BCUT2D eigenvalue weighted by Gasteiger charge is 2.68. The van der Waals surface area contributed by atoms with Gasteiger partial charge in [-0.1, -0.05) is 6.07 Å². The van der Waals surface area contributed by atoms with Gasteiger partial charge in [0.25, 0.3) is 5.92 Å². The second kappa shape index (κ2) is 4.12. The molecule has 0 radical (unpaired) electrons. The van der Waals surface area contributed by atoms with Crippen LogP contribution in [0.2, 0.25) is 0 Å². The maximum atomic E-state index is 13.6. The van der Waals surface area contributed by atoms with Crippen LogP contribution in [0.1, 0.15) is 30.7 Å². The monoisotopic (exact) mass is 274 g/mol. The quantitative estimate of drug-likeness (QED) is 0.737. The summed E-state index contributed by atoms with van der Waals surface area (Å²) >= 11 is 0. The summed E-state index contributed by atoms with van der Waals surface area (Å²) in [6, 6.07) is 2.48. The number of hydrogen-bond donors (Lipinski definition) is 0. The van der Waals surface area contributed by atoms with Gasteiger partial charge in [-0.05, 0) is 31.2 Å². The van der Waals surface area contributed by atoms with E-state index >= 15 is 0 Å². The van der Waals surface area contributed by atoms with E-state index in [9.17, 15) is 17.6 Å². The Labute approximate surface area is 108 Å². The fourth-order valence-corrected chi connectivity index (χ4v) is 3.34. The first-order chi connectivity index (χ1) is 8.96. The predicted octanol–water partition coefficient (Wildman–Crippen LogP) is 4.12. The molecular formula is C14H14F4O. The molecule has 3 unspecified atom stereocenters. The first kappa shape index (κ1) is 12.8. The average molecular weight is 274 g/mol. The fraction of sp³-hybridized carbons (Fsp3) is 0.571. The Balaban J connectivity index is 1.89. The van der Waals surface area contributed by atoms with Crippen molar-refractivity contribution in [2.45, 2.75) is 31.1 Å². The highest BCUT2D eigenvalue weighted by molar-refractivity contribution is 5.39. The van der Waals surface area contributed by atoms with Crippen LogP contribution >= 0.6 is 0 Å². The molecule has 3 atom stereocenters. The van der Waals surface area contributed by atoms with Gasteiger partial charge in [0.1, 0.15) is 0 Å². The van der Waals surface area contributed by atoms with Crippen molar-refractivity contribution in [1.29, 1.82) is 0 Å². The number of hydrogen-bond acceptors (Lipinski definition) is 1. The number of ether oxygens (including phenoxy) is 1. The van der Waals surface area contributed by atoms with Crippen molar-refractivity contribution < 1.29 is 22.3 Å². The Morgan fingerprint density at radius 3 is 2.53 bits per heavy atom. The Morgan fingerprint density at radius 2 is 1.89 bits per heavy atom. The topological polar surface area (TPSA) is 9.23 Å². The SMILES string of the molecule is COc1c(C2CCC3C(C2)C3(F)F)ccc(F)c1F. The van der Waals surface area contributed by atoms with Crippen LogP contribution in [0.3, 0.4) is 0 Å². The molecule has 2 aliphatic rings.